The fraction of sp³-hybridized carbons (Fsp3) is 0.348. The molecule has 0 N–H and O–H groups in total. The summed E-state index contributed by atoms with van der Waals surface area (Å²) in [4.78, 5) is 24.9. The van der Waals surface area contributed by atoms with Crippen LogP contribution in [0.4, 0.5) is 8.78 Å². The monoisotopic (exact) mass is 436 g/mol. The van der Waals surface area contributed by atoms with Gasteiger partial charge in [-0.05, 0) is 56.7 Å². The molecule has 164 valence electrons. The topological polar surface area (TPSA) is 76.8 Å². The first-order valence-corrected chi connectivity index (χ1v) is 10.5. The van der Waals surface area contributed by atoms with Crippen LogP contribution in [0.5, 0.6) is 0 Å². The third kappa shape index (κ3) is 3.37. The van der Waals surface area contributed by atoms with Gasteiger partial charge in [-0.2, -0.15) is 15.0 Å². The second kappa shape index (κ2) is 7.58. The van der Waals surface area contributed by atoms with Crippen LogP contribution in [0.15, 0.2) is 30.5 Å². The number of halogens is 2. The van der Waals surface area contributed by atoms with Gasteiger partial charge in [0.2, 0.25) is 0 Å². The first-order chi connectivity index (χ1) is 15.3. The van der Waals surface area contributed by atoms with Crippen molar-refractivity contribution < 1.29 is 13.6 Å². The smallest absolute Gasteiger partial charge is 0.259 e. The van der Waals surface area contributed by atoms with Crippen LogP contribution in [-0.2, 0) is 0 Å². The van der Waals surface area contributed by atoms with E-state index in [4.69, 9.17) is 0 Å². The van der Waals surface area contributed by atoms with E-state index in [1.165, 1.54) is 10.9 Å². The molecule has 7 nitrogen and oxygen atoms in total. The zero-order valence-corrected chi connectivity index (χ0v) is 18.0. The largest absolute Gasteiger partial charge is 0.338 e. The Bertz CT molecular complexity index is 1240. The molecule has 1 aliphatic carbocycles. The van der Waals surface area contributed by atoms with Gasteiger partial charge in [0.1, 0.15) is 17.1 Å². The zero-order valence-electron chi connectivity index (χ0n) is 18.0. The second-order valence-electron chi connectivity index (χ2n) is 8.47. The molecule has 3 heterocycles. The summed E-state index contributed by atoms with van der Waals surface area (Å²) in [6.45, 7) is 6.02. The highest BCUT2D eigenvalue weighted by molar-refractivity contribution is 5.98. The third-order valence-corrected chi connectivity index (χ3v) is 6.17. The lowest BCUT2D eigenvalue weighted by atomic mass is 10.00. The molecule has 1 aromatic carbocycles. The number of aromatic nitrogens is 5. The minimum absolute atomic E-state index is 0.0274. The number of fused-ring (bicyclic) bond motifs is 1. The number of hydrogen-bond donors (Lipinski definition) is 0. The Morgan fingerprint density at radius 1 is 1.09 bits per heavy atom. The average Bonchev–Trinajstić information content (AvgIpc) is 3.45. The maximum atomic E-state index is 14.8. The number of allylic oxidation sites excluding steroid dienone is 1. The molecule has 0 spiro atoms. The summed E-state index contributed by atoms with van der Waals surface area (Å²) >= 11 is 0. The molecule has 0 radical (unpaired) electrons. The summed E-state index contributed by atoms with van der Waals surface area (Å²) in [6, 6.07) is 4.46. The van der Waals surface area contributed by atoms with Gasteiger partial charge in [-0.3, -0.25) is 4.79 Å². The van der Waals surface area contributed by atoms with E-state index in [0.717, 1.165) is 5.57 Å². The summed E-state index contributed by atoms with van der Waals surface area (Å²) in [5, 5.41) is 8.37. The van der Waals surface area contributed by atoms with Crippen LogP contribution in [0.3, 0.4) is 0 Å². The van der Waals surface area contributed by atoms with Crippen LogP contribution in [0.1, 0.15) is 39.7 Å². The summed E-state index contributed by atoms with van der Waals surface area (Å²) in [5.41, 5.74) is 2.60. The summed E-state index contributed by atoms with van der Waals surface area (Å²) < 4.78 is 28.6. The van der Waals surface area contributed by atoms with Crippen molar-refractivity contribution in [3.8, 4) is 5.69 Å². The van der Waals surface area contributed by atoms with Crippen molar-refractivity contribution in [2.75, 3.05) is 13.1 Å². The molecule has 9 heteroatoms. The fourth-order valence-electron chi connectivity index (χ4n) is 4.59. The molecule has 2 atom stereocenters. The Kier molecular flexibility index (Phi) is 4.83. The van der Waals surface area contributed by atoms with Crippen LogP contribution in [0, 0.1) is 44.2 Å². The van der Waals surface area contributed by atoms with Gasteiger partial charge in [0.25, 0.3) is 5.91 Å². The highest BCUT2D eigenvalue weighted by atomic mass is 19.1. The van der Waals surface area contributed by atoms with Gasteiger partial charge in [-0.25, -0.2) is 18.7 Å². The Balaban J connectivity index is 1.40. The number of rotatable bonds is 3. The molecule has 0 bridgehead atoms. The van der Waals surface area contributed by atoms with Crippen molar-refractivity contribution in [1.82, 2.24) is 29.9 Å². The summed E-state index contributed by atoms with van der Waals surface area (Å²) in [6.07, 6.45) is 4.33. The number of benzene rings is 1. The van der Waals surface area contributed by atoms with Crippen LogP contribution in [-0.4, -0.2) is 48.9 Å². The first kappa shape index (κ1) is 20.4. The first-order valence-electron chi connectivity index (χ1n) is 10.5. The second-order valence-corrected chi connectivity index (χ2v) is 8.47. The highest BCUT2D eigenvalue weighted by Gasteiger charge is 2.40. The third-order valence-electron chi connectivity index (χ3n) is 6.17. The maximum absolute atomic E-state index is 14.8. The van der Waals surface area contributed by atoms with Crippen molar-refractivity contribution >= 4 is 11.5 Å². The van der Waals surface area contributed by atoms with E-state index < -0.39 is 5.82 Å². The summed E-state index contributed by atoms with van der Waals surface area (Å²) in [5.74, 6) is -0.479. The lowest BCUT2D eigenvalue weighted by Gasteiger charge is -2.19. The number of likely N-dealkylation sites (tertiary alicyclic amines) is 1. The highest BCUT2D eigenvalue weighted by Crippen LogP contribution is 2.41. The number of nitrogens with zero attached hydrogens (tertiary/aromatic N) is 6. The van der Waals surface area contributed by atoms with Crippen molar-refractivity contribution in [1.29, 1.82) is 0 Å². The molecule has 1 aliphatic heterocycles. The predicted octanol–water partition coefficient (Wildman–Crippen LogP) is 3.44. The van der Waals surface area contributed by atoms with Gasteiger partial charge in [-0.15, -0.1) is 0 Å². The van der Waals surface area contributed by atoms with Crippen molar-refractivity contribution in [2.24, 2.45) is 11.8 Å². The van der Waals surface area contributed by atoms with Crippen LogP contribution < -0.4 is 0 Å². The molecule has 3 aromatic rings. The molecule has 1 amide bonds. The Morgan fingerprint density at radius 3 is 2.50 bits per heavy atom. The molecular weight excluding hydrogens is 414 g/mol. The molecule has 1 fully saturated rings. The zero-order chi connectivity index (χ0) is 22.6. The molecule has 2 aromatic heterocycles. The fourth-order valence-corrected chi connectivity index (χ4v) is 4.59. The number of amides is 1. The Labute approximate surface area is 183 Å². The number of carbonyl (C=O) groups is 1. The molecule has 1 saturated heterocycles. The quantitative estimate of drug-likeness (QED) is 0.629. The normalized spacial score (nSPS) is 19.9. The predicted molar refractivity (Wildman–Crippen MR) is 113 cm³/mol. The number of carbonyl (C=O) groups excluding carboxylic acids is 1. The van der Waals surface area contributed by atoms with Crippen molar-refractivity contribution in [2.45, 2.75) is 27.2 Å². The van der Waals surface area contributed by atoms with E-state index in [-0.39, 0.29) is 29.1 Å². The Morgan fingerprint density at radius 2 is 1.84 bits per heavy atom. The van der Waals surface area contributed by atoms with Crippen LogP contribution >= 0.6 is 0 Å². The minimum Gasteiger partial charge on any atom is -0.338 e. The van der Waals surface area contributed by atoms with E-state index in [2.05, 4.69) is 26.2 Å². The van der Waals surface area contributed by atoms with E-state index in [1.54, 1.807) is 44.0 Å². The van der Waals surface area contributed by atoms with Gasteiger partial charge < -0.3 is 4.90 Å². The molecule has 5 rings (SSSR count). The SMILES string of the molecule is Cc1cnn(-c2cccc(F)c2C(=O)N2CC3C=C(c4nc(C)c(F)c(C)n4)CC3C2)n1. The van der Waals surface area contributed by atoms with Gasteiger partial charge in [0.15, 0.2) is 11.6 Å². The van der Waals surface area contributed by atoms with Gasteiger partial charge in [-0.1, -0.05) is 12.1 Å². The molecule has 2 aliphatic rings. The van der Waals surface area contributed by atoms with E-state index in [1.807, 2.05) is 0 Å². The van der Waals surface area contributed by atoms with E-state index in [0.29, 0.717) is 48.1 Å². The van der Waals surface area contributed by atoms with Crippen molar-refractivity contribution in [3.63, 3.8) is 0 Å². The number of aryl methyl sites for hydroxylation is 3. The Hall–Kier alpha value is -3.49. The molecular formula is C23H22F2N6O. The van der Waals surface area contributed by atoms with E-state index >= 15 is 0 Å². The van der Waals surface area contributed by atoms with Gasteiger partial charge in [0.05, 0.1) is 23.3 Å². The lowest BCUT2D eigenvalue weighted by molar-refractivity contribution is 0.0780. The standard InChI is InChI=1S/C23H22F2N6O/c1-12-9-26-31(29-12)19-6-4-5-18(24)20(19)23(32)30-10-16-7-15(8-17(16)11-30)22-27-13(2)21(25)14(3)28-22/h4-7,9,16-17H,8,10-11H2,1-3H3. The molecule has 0 saturated carbocycles. The van der Waals surface area contributed by atoms with E-state index in [9.17, 15) is 13.6 Å². The van der Waals surface area contributed by atoms with Crippen LogP contribution in [0.25, 0.3) is 11.3 Å². The summed E-state index contributed by atoms with van der Waals surface area (Å²) in [7, 11) is 0. The maximum Gasteiger partial charge on any atom is 0.259 e. The van der Waals surface area contributed by atoms with Crippen LogP contribution in [0.2, 0.25) is 0 Å². The van der Waals surface area contributed by atoms with Gasteiger partial charge >= 0.3 is 0 Å². The molecule has 32 heavy (non-hydrogen) atoms. The average molecular weight is 436 g/mol. The molecule has 2 unspecified atom stereocenters. The number of hydrogen-bond acceptors (Lipinski definition) is 5. The lowest BCUT2D eigenvalue weighted by Crippen LogP contribution is -2.31. The van der Waals surface area contributed by atoms with Gasteiger partial charge in [0, 0.05) is 13.1 Å². The minimum atomic E-state index is -0.596. The van der Waals surface area contributed by atoms with Crippen molar-refractivity contribution in [3.05, 3.63) is 70.6 Å².